The van der Waals surface area contributed by atoms with Crippen LogP contribution in [-0.2, 0) is 13.0 Å². The summed E-state index contributed by atoms with van der Waals surface area (Å²) in [7, 11) is 0. The summed E-state index contributed by atoms with van der Waals surface area (Å²) in [4.78, 5) is 20.9. The first-order valence-corrected chi connectivity index (χ1v) is 7.58. The van der Waals surface area contributed by atoms with Gasteiger partial charge >= 0.3 is 0 Å². The Labute approximate surface area is 127 Å². The van der Waals surface area contributed by atoms with Gasteiger partial charge in [0.05, 0.1) is 16.3 Å². The van der Waals surface area contributed by atoms with Gasteiger partial charge in [-0.1, -0.05) is 30.4 Å². The molecule has 0 bridgehead atoms. The minimum Gasteiger partial charge on any atom is -0.352 e. The molecule has 1 aliphatic rings. The molecule has 0 spiro atoms. The molecule has 0 unspecified atom stereocenters. The van der Waals surface area contributed by atoms with Crippen molar-refractivity contribution < 1.29 is 0 Å². The first-order valence-electron chi connectivity index (χ1n) is 7.58. The molecule has 0 saturated carbocycles. The van der Waals surface area contributed by atoms with E-state index >= 15 is 0 Å². The zero-order chi connectivity index (χ0) is 15.3. The van der Waals surface area contributed by atoms with Crippen LogP contribution in [0, 0.1) is 0 Å². The number of rotatable bonds is 0. The van der Waals surface area contributed by atoms with Gasteiger partial charge in [-0.15, -0.1) is 0 Å². The third kappa shape index (κ3) is 1.64. The van der Waals surface area contributed by atoms with Crippen LogP contribution in [-0.4, -0.2) is 14.5 Å². The van der Waals surface area contributed by atoms with Gasteiger partial charge in [0.2, 0.25) is 0 Å². The number of H-pyrrole nitrogens is 1. The van der Waals surface area contributed by atoms with Crippen LogP contribution in [0.4, 0.5) is 0 Å². The van der Waals surface area contributed by atoms with Gasteiger partial charge in [0.15, 0.2) is 5.82 Å². The van der Waals surface area contributed by atoms with Crippen LogP contribution in [0.15, 0.2) is 29.1 Å². The quantitative estimate of drug-likeness (QED) is 0.683. The molecule has 1 aromatic carbocycles. The highest BCUT2D eigenvalue weighted by Crippen LogP contribution is 2.31. The number of nitrogens with one attached hydrogen (secondary N) is 1. The summed E-state index contributed by atoms with van der Waals surface area (Å²) in [5.74, 6) is 0.751. The zero-order valence-corrected chi connectivity index (χ0v) is 12.7. The molecule has 0 atom stereocenters. The number of aromatic nitrogens is 3. The lowest BCUT2D eigenvalue weighted by Crippen LogP contribution is -2.48. The average Bonchev–Trinajstić information content (AvgIpc) is 2.93. The highest BCUT2D eigenvalue weighted by atomic mass is 16.1. The fourth-order valence-electron chi connectivity index (χ4n) is 3.35. The number of hydrogen-bond acceptors (Lipinski definition) is 2. The molecule has 0 fully saturated rings. The van der Waals surface area contributed by atoms with E-state index in [9.17, 15) is 4.79 Å². The van der Waals surface area contributed by atoms with Crippen LogP contribution < -0.4 is 16.1 Å². The molecule has 1 aliphatic heterocycles. The van der Waals surface area contributed by atoms with Gasteiger partial charge in [-0.05, 0) is 31.9 Å². The lowest BCUT2D eigenvalue weighted by molar-refractivity contribution is 0.638. The predicted molar refractivity (Wildman–Crippen MR) is 89.0 cm³/mol. The first kappa shape index (κ1) is 13.1. The molecule has 2 aromatic heterocycles. The lowest BCUT2D eigenvalue weighted by Gasteiger charge is -2.18. The second kappa shape index (κ2) is 4.70. The number of hydrogen-bond donors (Lipinski definition) is 1. The van der Waals surface area contributed by atoms with E-state index in [-0.39, 0.29) is 5.56 Å². The average molecular weight is 291 g/mol. The summed E-state index contributed by atoms with van der Waals surface area (Å²) < 4.78 is 1.79. The monoisotopic (exact) mass is 291 g/mol. The fraction of sp³-hybridized carbons (Fsp3) is 0.222. The van der Waals surface area contributed by atoms with Gasteiger partial charge in [0, 0.05) is 17.4 Å². The Bertz CT molecular complexity index is 1070. The summed E-state index contributed by atoms with van der Waals surface area (Å²) >= 11 is 0. The molecule has 110 valence electrons. The number of fused-ring (bicyclic) bond motifs is 5. The number of benzene rings is 1. The number of aryl methyl sites for hydroxylation is 1. The van der Waals surface area contributed by atoms with Crippen molar-refractivity contribution in [3.05, 3.63) is 50.8 Å². The minimum atomic E-state index is 0.0462. The fourth-order valence-corrected chi connectivity index (χ4v) is 3.35. The SMILES string of the molecule is C/C=c1/nc2n(c(=O)/c1=C/C)CCc1c-2[nH]c2ccccc12. The van der Waals surface area contributed by atoms with E-state index in [1.807, 2.05) is 38.1 Å². The Hall–Kier alpha value is -2.62. The smallest absolute Gasteiger partial charge is 0.261 e. The maximum absolute atomic E-state index is 12.7. The summed E-state index contributed by atoms with van der Waals surface area (Å²) in [6.45, 7) is 4.48. The van der Waals surface area contributed by atoms with Crippen molar-refractivity contribution in [1.29, 1.82) is 0 Å². The summed E-state index contributed by atoms with van der Waals surface area (Å²) in [5.41, 5.74) is 3.39. The summed E-state index contributed by atoms with van der Waals surface area (Å²) in [5, 5.41) is 2.67. The van der Waals surface area contributed by atoms with E-state index < -0.39 is 0 Å². The molecule has 3 heterocycles. The van der Waals surface area contributed by atoms with Crippen LogP contribution in [0.5, 0.6) is 0 Å². The normalized spacial score (nSPS) is 15.2. The van der Waals surface area contributed by atoms with Crippen LogP contribution in [0.3, 0.4) is 0 Å². The zero-order valence-electron chi connectivity index (χ0n) is 12.7. The van der Waals surface area contributed by atoms with Gasteiger partial charge in [-0.2, -0.15) is 0 Å². The Balaban J connectivity index is 2.16. The third-order valence-corrected chi connectivity index (χ3v) is 4.42. The molecular formula is C18H17N3O. The largest absolute Gasteiger partial charge is 0.352 e. The van der Waals surface area contributed by atoms with Crippen molar-refractivity contribution in [1.82, 2.24) is 14.5 Å². The number of nitrogens with zero attached hydrogens (tertiary/aromatic N) is 2. The van der Waals surface area contributed by atoms with Crippen molar-refractivity contribution in [3.63, 3.8) is 0 Å². The summed E-state index contributed by atoms with van der Waals surface area (Å²) in [6, 6.07) is 8.26. The Kier molecular flexibility index (Phi) is 2.79. The first-order chi connectivity index (χ1) is 10.7. The van der Waals surface area contributed by atoms with Crippen LogP contribution in [0.25, 0.3) is 34.6 Å². The van der Waals surface area contributed by atoms with E-state index in [4.69, 9.17) is 4.98 Å². The molecule has 4 nitrogen and oxygen atoms in total. The minimum absolute atomic E-state index is 0.0462. The number of para-hydroxylation sites is 1. The van der Waals surface area contributed by atoms with Crippen LogP contribution in [0.1, 0.15) is 19.4 Å². The molecule has 0 aliphatic carbocycles. The van der Waals surface area contributed by atoms with E-state index in [0.717, 1.165) is 28.8 Å². The maximum atomic E-state index is 12.7. The van der Waals surface area contributed by atoms with Gasteiger partial charge in [0.1, 0.15) is 0 Å². The Morgan fingerprint density at radius 2 is 2.05 bits per heavy atom. The van der Waals surface area contributed by atoms with Crippen LogP contribution >= 0.6 is 0 Å². The third-order valence-electron chi connectivity index (χ3n) is 4.42. The maximum Gasteiger partial charge on any atom is 0.261 e. The second-order valence-corrected chi connectivity index (χ2v) is 5.54. The molecular weight excluding hydrogens is 274 g/mol. The van der Waals surface area contributed by atoms with Gasteiger partial charge in [-0.25, -0.2) is 4.98 Å². The lowest BCUT2D eigenvalue weighted by atomic mass is 10.0. The molecule has 4 heteroatoms. The summed E-state index contributed by atoms with van der Waals surface area (Å²) in [6.07, 6.45) is 4.60. The predicted octanol–water partition coefficient (Wildman–Crippen LogP) is 1.55. The molecule has 0 radical (unpaired) electrons. The second-order valence-electron chi connectivity index (χ2n) is 5.54. The highest BCUT2D eigenvalue weighted by molar-refractivity contribution is 5.90. The van der Waals surface area contributed by atoms with Crippen molar-refractivity contribution in [2.45, 2.75) is 26.8 Å². The molecule has 4 rings (SSSR count). The molecule has 3 aromatic rings. The van der Waals surface area contributed by atoms with Crippen molar-refractivity contribution in [2.24, 2.45) is 0 Å². The van der Waals surface area contributed by atoms with Gasteiger partial charge < -0.3 is 4.98 Å². The van der Waals surface area contributed by atoms with E-state index in [1.54, 1.807) is 4.57 Å². The Morgan fingerprint density at radius 1 is 1.23 bits per heavy atom. The standard InChI is InChI=1S/C18H17N3O/c1-3-11-14(4-2)20-17-16-13(9-10-21(17)18(11)22)12-7-5-6-8-15(12)19-16/h3-8,19H,9-10H2,1-2H3/b11-3+,14-4+. The van der Waals surface area contributed by atoms with Crippen molar-refractivity contribution >= 4 is 23.1 Å². The van der Waals surface area contributed by atoms with E-state index in [2.05, 4.69) is 17.1 Å². The van der Waals surface area contributed by atoms with Gasteiger partial charge in [0.25, 0.3) is 5.56 Å². The Morgan fingerprint density at radius 3 is 2.82 bits per heavy atom. The van der Waals surface area contributed by atoms with E-state index in [0.29, 0.717) is 11.8 Å². The highest BCUT2D eigenvalue weighted by Gasteiger charge is 2.22. The molecule has 1 N–H and O–H groups in total. The topological polar surface area (TPSA) is 50.7 Å². The molecule has 22 heavy (non-hydrogen) atoms. The van der Waals surface area contributed by atoms with Crippen molar-refractivity contribution in [3.8, 4) is 11.5 Å². The molecule has 0 amide bonds. The van der Waals surface area contributed by atoms with Crippen molar-refractivity contribution in [2.75, 3.05) is 0 Å². The molecule has 0 saturated heterocycles. The van der Waals surface area contributed by atoms with E-state index in [1.165, 1.54) is 10.9 Å². The number of aromatic amines is 1. The van der Waals surface area contributed by atoms with Crippen LogP contribution in [0.2, 0.25) is 0 Å². The van der Waals surface area contributed by atoms with Gasteiger partial charge in [-0.3, -0.25) is 9.36 Å².